The third-order valence-corrected chi connectivity index (χ3v) is 4.75. The van der Waals surface area contributed by atoms with Gasteiger partial charge in [-0.05, 0) is 6.42 Å². The van der Waals surface area contributed by atoms with Crippen LogP contribution in [0.25, 0.3) is 0 Å². The van der Waals surface area contributed by atoms with Crippen molar-refractivity contribution in [3.05, 3.63) is 12.4 Å². The summed E-state index contributed by atoms with van der Waals surface area (Å²) in [5, 5.41) is 9.33. The molecule has 0 saturated carbocycles. The van der Waals surface area contributed by atoms with Crippen molar-refractivity contribution in [1.29, 1.82) is 0 Å². The summed E-state index contributed by atoms with van der Waals surface area (Å²) in [7, 11) is -1.39. The fourth-order valence-electron chi connectivity index (χ4n) is 2.00. The number of aromatic nitrogens is 2. The smallest absolute Gasteiger partial charge is 0.319 e. The van der Waals surface area contributed by atoms with Crippen molar-refractivity contribution in [2.24, 2.45) is 0 Å². The van der Waals surface area contributed by atoms with Gasteiger partial charge in [-0.2, -0.15) is 5.10 Å². The van der Waals surface area contributed by atoms with Gasteiger partial charge in [0.15, 0.2) is 9.84 Å². The number of urea groups is 1. The van der Waals surface area contributed by atoms with E-state index in [-0.39, 0.29) is 17.5 Å². The minimum Gasteiger partial charge on any atom is -0.383 e. The van der Waals surface area contributed by atoms with Crippen LogP contribution in [0.1, 0.15) is 6.42 Å². The molecule has 1 fully saturated rings. The number of hydrogen-bond donors (Lipinski definition) is 2. The number of carbonyl (C=O) groups excluding carboxylic acids is 1. The largest absolute Gasteiger partial charge is 0.383 e. The standard InChI is InChI=1S/C11H18N4O4S/c1-19-4-3-15-7-10(6-12-15)14-11(16)13-9-2-5-20(17,18)8-9/h6-7,9H,2-5,8H2,1H3,(H2,13,14,16)/t9-/m1/s1. The average Bonchev–Trinajstić information content (AvgIpc) is 2.93. The molecule has 0 aliphatic carbocycles. The van der Waals surface area contributed by atoms with Crippen LogP contribution in [0.4, 0.5) is 10.5 Å². The van der Waals surface area contributed by atoms with Gasteiger partial charge in [0, 0.05) is 19.3 Å². The second-order valence-corrected chi connectivity index (χ2v) is 6.91. The van der Waals surface area contributed by atoms with Crippen molar-refractivity contribution < 1.29 is 17.9 Å². The molecular formula is C11H18N4O4S. The lowest BCUT2D eigenvalue weighted by Gasteiger charge is -2.10. The van der Waals surface area contributed by atoms with E-state index in [1.807, 2.05) is 0 Å². The van der Waals surface area contributed by atoms with E-state index in [0.717, 1.165) is 0 Å². The molecule has 2 N–H and O–H groups in total. The van der Waals surface area contributed by atoms with Gasteiger partial charge in [-0.1, -0.05) is 0 Å². The first-order valence-electron chi connectivity index (χ1n) is 6.28. The predicted octanol–water partition coefficient (Wildman–Crippen LogP) is -0.162. The first-order chi connectivity index (χ1) is 9.48. The van der Waals surface area contributed by atoms with E-state index < -0.39 is 15.9 Å². The van der Waals surface area contributed by atoms with Gasteiger partial charge >= 0.3 is 6.03 Å². The summed E-state index contributed by atoms with van der Waals surface area (Å²) in [6.07, 6.45) is 3.67. The Balaban J connectivity index is 1.81. The van der Waals surface area contributed by atoms with Crippen LogP contribution in [0.5, 0.6) is 0 Å². The normalized spacial score (nSPS) is 20.8. The summed E-state index contributed by atoms with van der Waals surface area (Å²) in [4.78, 5) is 11.7. The molecule has 8 nitrogen and oxygen atoms in total. The van der Waals surface area contributed by atoms with Crippen LogP contribution < -0.4 is 10.6 Å². The van der Waals surface area contributed by atoms with Crippen LogP contribution in [0.2, 0.25) is 0 Å². The molecule has 0 unspecified atom stereocenters. The molecule has 1 atom stereocenters. The molecule has 0 spiro atoms. The Morgan fingerprint density at radius 1 is 1.60 bits per heavy atom. The van der Waals surface area contributed by atoms with Crippen molar-refractivity contribution in [3.63, 3.8) is 0 Å². The van der Waals surface area contributed by atoms with Crippen molar-refractivity contribution in [2.45, 2.75) is 19.0 Å². The minimum absolute atomic E-state index is 0.00746. The number of carbonyl (C=O) groups is 1. The Bertz CT molecular complexity index is 569. The number of nitrogens with one attached hydrogen (secondary N) is 2. The van der Waals surface area contributed by atoms with Crippen LogP contribution in [-0.2, 0) is 21.1 Å². The number of nitrogens with zero attached hydrogens (tertiary/aromatic N) is 2. The van der Waals surface area contributed by atoms with E-state index in [9.17, 15) is 13.2 Å². The third-order valence-electron chi connectivity index (χ3n) is 2.98. The molecule has 2 amide bonds. The van der Waals surface area contributed by atoms with Crippen molar-refractivity contribution >= 4 is 21.6 Å². The van der Waals surface area contributed by atoms with E-state index >= 15 is 0 Å². The van der Waals surface area contributed by atoms with Crippen molar-refractivity contribution in [2.75, 3.05) is 30.5 Å². The first kappa shape index (κ1) is 14.8. The summed E-state index contributed by atoms with van der Waals surface area (Å²) in [6, 6.07) is -0.734. The summed E-state index contributed by atoms with van der Waals surface area (Å²) < 4.78 is 29.2. The Morgan fingerprint density at radius 2 is 2.40 bits per heavy atom. The maximum atomic E-state index is 11.7. The highest BCUT2D eigenvalue weighted by Gasteiger charge is 2.28. The molecule has 0 radical (unpaired) electrons. The monoisotopic (exact) mass is 302 g/mol. The van der Waals surface area contributed by atoms with Gasteiger partial charge in [-0.25, -0.2) is 13.2 Å². The maximum Gasteiger partial charge on any atom is 0.319 e. The molecule has 1 aromatic rings. The van der Waals surface area contributed by atoms with Crippen molar-refractivity contribution in [1.82, 2.24) is 15.1 Å². The van der Waals surface area contributed by atoms with Crippen LogP contribution in [-0.4, -0.2) is 55.5 Å². The van der Waals surface area contributed by atoms with Crippen LogP contribution in [0.15, 0.2) is 12.4 Å². The van der Waals surface area contributed by atoms with E-state index in [0.29, 0.717) is 25.3 Å². The Hall–Kier alpha value is -1.61. The van der Waals surface area contributed by atoms with Crippen molar-refractivity contribution in [3.8, 4) is 0 Å². The molecule has 0 aromatic carbocycles. The number of ether oxygens (including phenoxy) is 1. The molecule has 1 saturated heterocycles. The molecule has 112 valence electrons. The summed E-state index contributed by atoms with van der Waals surface area (Å²) >= 11 is 0. The van der Waals surface area contributed by atoms with Gasteiger partial charge in [0.25, 0.3) is 0 Å². The Kier molecular flexibility index (Phi) is 4.61. The zero-order valence-corrected chi connectivity index (χ0v) is 12.0. The second kappa shape index (κ2) is 6.23. The summed E-state index contributed by atoms with van der Waals surface area (Å²) in [6.45, 7) is 1.13. The lowest BCUT2D eigenvalue weighted by atomic mass is 10.3. The lowest BCUT2D eigenvalue weighted by Crippen LogP contribution is -2.38. The number of anilines is 1. The van der Waals surface area contributed by atoms with Gasteiger partial charge in [0.1, 0.15) is 0 Å². The van der Waals surface area contributed by atoms with Gasteiger partial charge < -0.3 is 15.4 Å². The molecule has 0 bridgehead atoms. The summed E-state index contributed by atoms with van der Waals surface area (Å²) in [5.41, 5.74) is 0.555. The van der Waals surface area contributed by atoms with Gasteiger partial charge in [-0.3, -0.25) is 4.68 Å². The first-order valence-corrected chi connectivity index (χ1v) is 8.10. The highest BCUT2D eigenvalue weighted by Crippen LogP contribution is 2.11. The van der Waals surface area contributed by atoms with Crippen LogP contribution in [0, 0.1) is 0 Å². The van der Waals surface area contributed by atoms with Gasteiger partial charge in [-0.15, -0.1) is 0 Å². The number of sulfone groups is 1. The molecule has 1 aromatic heterocycles. The highest BCUT2D eigenvalue weighted by atomic mass is 32.2. The molecule has 9 heteroatoms. The Labute approximate surface area is 117 Å². The quantitative estimate of drug-likeness (QED) is 0.786. The number of rotatable bonds is 5. The van der Waals surface area contributed by atoms with Crippen LogP contribution >= 0.6 is 0 Å². The zero-order chi connectivity index (χ0) is 14.6. The highest BCUT2D eigenvalue weighted by molar-refractivity contribution is 7.91. The molecule has 2 rings (SSSR count). The predicted molar refractivity (Wildman–Crippen MR) is 73.3 cm³/mol. The van der Waals surface area contributed by atoms with Crippen LogP contribution in [0.3, 0.4) is 0 Å². The molecule has 20 heavy (non-hydrogen) atoms. The van der Waals surface area contributed by atoms with E-state index in [1.54, 1.807) is 18.0 Å². The van der Waals surface area contributed by atoms with E-state index in [1.165, 1.54) is 6.20 Å². The number of methoxy groups -OCH3 is 1. The Morgan fingerprint density at radius 3 is 3.05 bits per heavy atom. The molecule has 2 heterocycles. The van der Waals surface area contributed by atoms with Gasteiger partial charge in [0.2, 0.25) is 0 Å². The molecule has 1 aliphatic heterocycles. The summed E-state index contributed by atoms with van der Waals surface area (Å²) in [5.74, 6) is 0.139. The van der Waals surface area contributed by atoms with E-state index in [4.69, 9.17) is 4.74 Å². The fraction of sp³-hybridized carbons (Fsp3) is 0.636. The molecular weight excluding hydrogens is 284 g/mol. The number of amides is 2. The van der Waals surface area contributed by atoms with E-state index in [2.05, 4.69) is 15.7 Å². The third kappa shape index (κ3) is 4.20. The SMILES string of the molecule is COCCn1cc(NC(=O)N[C@@H]2CCS(=O)(=O)C2)cn1. The topological polar surface area (TPSA) is 102 Å². The minimum atomic E-state index is -2.99. The fourth-order valence-corrected chi connectivity index (χ4v) is 3.67. The average molecular weight is 302 g/mol. The lowest BCUT2D eigenvalue weighted by molar-refractivity contribution is 0.183. The second-order valence-electron chi connectivity index (χ2n) is 4.68. The molecule has 1 aliphatic rings. The van der Waals surface area contributed by atoms with Gasteiger partial charge in [0.05, 0.1) is 36.5 Å². The number of hydrogen-bond acceptors (Lipinski definition) is 5. The zero-order valence-electron chi connectivity index (χ0n) is 11.2. The maximum absolute atomic E-state index is 11.7.